The number of nitrogens with zero attached hydrogens (tertiary/aromatic N) is 5. The molecule has 0 aliphatic rings. The zero-order valence-electron chi connectivity index (χ0n) is 12.4. The van der Waals surface area contributed by atoms with E-state index in [1.807, 2.05) is 16.0 Å². The van der Waals surface area contributed by atoms with Crippen LogP contribution in [-0.4, -0.2) is 24.3 Å². The summed E-state index contributed by atoms with van der Waals surface area (Å²) in [6, 6.07) is 5.15. The lowest BCUT2D eigenvalue weighted by Crippen LogP contribution is -2.11. The maximum Gasteiger partial charge on any atom is 0.210 e. The van der Waals surface area contributed by atoms with Crippen molar-refractivity contribution in [3.05, 3.63) is 50.1 Å². The molecule has 2 N–H and O–H groups in total. The number of aromatic nitrogens is 5. The van der Waals surface area contributed by atoms with Gasteiger partial charge in [-0.2, -0.15) is 0 Å². The van der Waals surface area contributed by atoms with Gasteiger partial charge in [0.05, 0.1) is 10.7 Å². The van der Waals surface area contributed by atoms with E-state index >= 15 is 0 Å². The molecule has 0 aliphatic heterocycles. The van der Waals surface area contributed by atoms with Crippen LogP contribution in [0.1, 0.15) is 5.69 Å². The fraction of sp³-hybridized carbons (Fsp3) is 0.0714. The third-order valence-electron chi connectivity index (χ3n) is 3.44. The number of fused-ring (bicyclic) bond motifs is 1. The smallest absolute Gasteiger partial charge is 0.210 e. The number of hydrogen-bond acceptors (Lipinski definition) is 6. The molecule has 0 bridgehead atoms. The second-order valence-corrected chi connectivity index (χ2v) is 8.40. The second-order valence-electron chi connectivity index (χ2n) is 4.99. The molecule has 0 spiro atoms. The van der Waals surface area contributed by atoms with Gasteiger partial charge in [-0.15, -0.1) is 21.5 Å². The van der Waals surface area contributed by atoms with Crippen molar-refractivity contribution in [2.45, 2.75) is 10.9 Å². The molecular weight excluding hydrogens is 467 g/mol. The van der Waals surface area contributed by atoms with Gasteiger partial charge < -0.3 is 5.84 Å². The lowest BCUT2D eigenvalue weighted by Gasteiger charge is -2.05. The van der Waals surface area contributed by atoms with E-state index in [1.54, 1.807) is 29.5 Å². The summed E-state index contributed by atoms with van der Waals surface area (Å²) in [4.78, 5) is 5.52. The molecule has 0 atom stereocenters. The summed E-state index contributed by atoms with van der Waals surface area (Å²) < 4.78 is 4.35. The van der Waals surface area contributed by atoms with Crippen LogP contribution in [0.25, 0.3) is 16.3 Å². The molecule has 11 heteroatoms. The molecule has 4 rings (SSSR count). The Labute approximate surface area is 169 Å². The molecule has 0 unspecified atom stereocenters. The third-order valence-corrected chi connectivity index (χ3v) is 6.54. The number of imidazole rings is 1. The van der Waals surface area contributed by atoms with Crippen LogP contribution < -0.4 is 5.84 Å². The Balaban J connectivity index is 1.59. The number of thiazole rings is 1. The summed E-state index contributed by atoms with van der Waals surface area (Å²) in [6.45, 7) is 0. The van der Waals surface area contributed by atoms with Gasteiger partial charge in [-0.25, -0.2) is 9.66 Å². The monoisotopic (exact) mass is 474 g/mol. The van der Waals surface area contributed by atoms with E-state index in [9.17, 15) is 0 Å². The molecule has 0 aliphatic carbocycles. The first-order valence-corrected chi connectivity index (χ1v) is 10.3. The first-order valence-electron chi connectivity index (χ1n) is 6.93. The Morgan fingerprint density at radius 1 is 1.28 bits per heavy atom. The van der Waals surface area contributed by atoms with E-state index < -0.39 is 0 Å². The van der Waals surface area contributed by atoms with E-state index in [1.165, 1.54) is 16.4 Å². The maximum atomic E-state index is 6.23. The second kappa shape index (κ2) is 6.81. The molecule has 1 aromatic carbocycles. The van der Waals surface area contributed by atoms with Gasteiger partial charge in [-0.1, -0.05) is 35.0 Å². The van der Waals surface area contributed by atoms with Crippen LogP contribution in [-0.2, 0) is 5.75 Å². The summed E-state index contributed by atoms with van der Waals surface area (Å²) in [5, 5.41) is 11.9. The highest BCUT2D eigenvalue weighted by atomic mass is 79.9. The molecule has 0 fully saturated rings. The van der Waals surface area contributed by atoms with Crippen molar-refractivity contribution in [3.63, 3.8) is 0 Å². The number of nitrogen functional groups attached to an aromatic ring is 1. The Kier molecular flexibility index (Phi) is 4.67. The van der Waals surface area contributed by atoms with Crippen molar-refractivity contribution in [1.82, 2.24) is 24.3 Å². The number of benzene rings is 1. The molecule has 4 aromatic rings. The molecular formula is C14H9BrCl2N6S2. The lowest BCUT2D eigenvalue weighted by molar-refractivity contribution is 0.849. The first-order chi connectivity index (χ1) is 12.0. The summed E-state index contributed by atoms with van der Waals surface area (Å²) in [5.41, 5.74) is 1.60. The van der Waals surface area contributed by atoms with Crippen LogP contribution in [0.3, 0.4) is 0 Å². The fourth-order valence-electron chi connectivity index (χ4n) is 2.26. The summed E-state index contributed by atoms with van der Waals surface area (Å²) in [6.07, 6.45) is 1.97. The van der Waals surface area contributed by atoms with Crippen molar-refractivity contribution < 1.29 is 0 Å². The zero-order chi connectivity index (χ0) is 17.6. The van der Waals surface area contributed by atoms with E-state index in [2.05, 4.69) is 31.1 Å². The molecule has 3 heterocycles. The normalized spacial score (nSPS) is 11.5. The van der Waals surface area contributed by atoms with Gasteiger partial charge in [0, 0.05) is 27.9 Å². The van der Waals surface area contributed by atoms with Crippen LogP contribution in [0, 0.1) is 0 Å². The van der Waals surface area contributed by atoms with Gasteiger partial charge in [0.25, 0.3) is 0 Å². The number of halogens is 3. The van der Waals surface area contributed by atoms with Crippen LogP contribution in [0.5, 0.6) is 0 Å². The van der Waals surface area contributed by atoms with E-state index in [4.69, 9.17) is 29.0 Å². The fourth-order valence-corrected chi connectivity index (χ4v) is 5.09. The van der Waals surface area contributed by atoms with Crippen LogP contribution in [0.2, 0.25) is 10.0 Å². The maximum absolute atomic E-state index is 6.23. The molecule has 0 saturated carbocycles. The van der Waals surface area contributed by atoms with Crippen molar-refractivity contribution in [1.29, 1.82) is 0 Å². The molecule has 6 nitrogen and oxygen atoms in total. The van der Waals surface area contributed by atoms with Gasteiger partial charge in [0.15, 0.2) is 10.8 Å². The van der Waals surface area contributed by atoms with E-state index in [-0.39, 0.29) is 0 Å². The minimum atomic E-state index is 0.472. The highest BCUT2D eigenvalue weighted by molar-refractivity contribution is 9.10. The highest BCUT2D eigenvalue weighted by Gasteiger charge is 2.17. The topological polar surface area (TPSA) is 74.0 Å². The molecule has 25 heavy (non-hydrogen) atoms. The molecule has 3 aromatic heterocycles. The number of rotatable bonds is 4. The predicted octanol–water partition coefficient (Wildman–Crippen LogP) is 4.73. The number of hydrogen-bond donors (Lipinski definition) is 1. The lowest BCUT2D eigenvalue weighted by atomic mass is 10.2. The highest BCUT2D eigenvalue weighted by Crippen LogP contribution is 2.32. The van der Waals surface area contributed by atoms with Gasteiger partial charge in [0.2, 0.25) is 5.16 Å². The van der Waals surface area contributed by atoms with E-state index in [0.29, 0.717) is 32.3 Å². The minimum Gasteiger partial charge on any atom is -0.335 e. The largest absolute Gasteiger partial charge is 0.335 e. The Bertz CT molecular complexity index is 1070. The Morgan fingerprint density at radius 3 is 2.88 bits per heavy atom. The standard InChI is InChI=1S/C14H9BrCl2N6S2/c15-11-10(19-13-22(11)3-4-24-13)6-25-14-21-20-12(23(14)18)8-2-1-7(16)5-9(8)17/h1-5H,6,18H2. The van der Waals surface area contributed by atoms with Crippen LogP contribution >= 0.6 is 62.2 Å². The van der Waals surface area contributed by atoms with Crippen LogP contribution in [0.4, 0.5) is 0 Å². The van der Waals surface area contributed by atoms with Crippen molar-refractivity contribution >= 4 is 67.2 Å². The SMILES string of the molecule is Nn1c(SCc2nc3sccn3c2Br)nnc1-c1ccc(Cl)cc1Cl. The minimum absolute atomic E-state index is 0.472. The van der Waals surface area contributed by atoms with Crippen molar-refractivity contribution in [2.75, 3.05) is 5.84 Å². The van der Waals surface area contributed by atoms with E-state index in [0.717, 1.165) is 15.3 Å². The van der Waals surface area contributed by atoms with Crippen LogP contribution in [0.15, 0.2) is 39.5 Å². The molecule has 0 radical (unpaired) electrons. The molecule has 0 saturated heterocycles. The van der Waals surface area contributed by atoms with Gasteiger partial charge in [-0.3, -0.25) is 4.40 Å². The molecule has 128 valence electrons. The summed E-state index contributed by atoms with van der Waals surface area (Å²) in [7, 11) is 0. The Morgan fingerprint density at radius 2 is 2.12 bits per heavy atom. The summed E-state index contributed by atoms with van der Waals surface area (Å²) in [5.74, 6) is 7.23. The van der Waals surface area contributed by atoms with Gasteiger partial charge >= 0.3 is 0 Å². The Hall–Kier alpha value is -1.26. The number of thioether (sulfide) groups is 1. The first kappa shape index (κ1) is 17.2. The quantitative estimate of drug-likeness (QED) is 0.341. The average molecular weight is 476 g/mol. The van der Waals surface area contributed by atoms with Crippen molar-refractivity contribution in [2.24, 2.45) is 0 Å². The van der Waals surface area contributed by atoms with Gasteiger partial charge in [0.1, 0.15) is 4.60 Å². The molecule has 0 amide bonds. The van der Waals surface area contributed by atoms with Gasteiger partial charge in [-0.05, 0) is 34.1 Å². The van der Waals surface area contributed by atoms with Crippen molar-refractivity contribution in [3.8, 4) is 11.4 Å². The zero-order valence-corrected chi connectivity index (χ0v) is 17.1. The average Bonchev–Trinajstić information content (AvgIpc) is 3.24. The predicted molar refractivity (Wildman–Crippen MR) is 106 cm³/mol. The third kappa shape index (κ3) is 3.15. The summed E-state index contributed by atoms with van der Waals surface area (Å²) >= 11 is 18.8. The number of nitrogens with two attached hydrogens (primary N) is 1.